The van der Waals surface area contributed by atoms with Crippen LogP contribution in [0.5, 0.6) is 0 Å². The zero-order chi connectivity index (χ0) is 7.40. The summed E-state index contributed by atoms with van der Waals surface area (Å²) in [5, 5.41) is 5.76. The van der Waals surface area contributed by atoms with Crippen molar-refractivity contribution in [3.63, 3.8) is 0 Å². The van der Waals surface area contributed by atoms with Gasteiger partial charge in [0.05, 0.1) is 6.04 Å². The number of nitrogens with one attached hydrogen (secondary N) is 2. The van der Waals surface area contributed by atoms with Gasteiger partial charge in [0.25, 0.3) is 0 Å². The summed E-state index contributed by atoms with van der Waals surface area (Å²) in [6.45, 7) is 0.947. The largest absolute Gasteiger partial charge is 0.358 e. The summed E-state index contributed by atoms with van der Waals surface area (Å²) in [7, 11) is 1.67. The second-order valence-corrected chi connectivity index (χ2v) is 3.35. The molecule has 1 rings (SSSR count). The summed E-state index contributed by atoms with van der Waals surface area (Å²) in [4.78, 5) is 11.0. The van der Waals surface area contributed by atoms with Crippen LogP contribution in [0.1, 0.15) is 0 Å². The minimum atomic E-state index is 0.0312. The minimum Gasteiger partial charge on any atom is -0.358 e. The zero-order valence-electron chi connectivity index (χ0n) is 6.02. The molecule has 1 unspecified atom stereocenters. The fraction of sp³-hybridized carbons (Fsp3) is 0.833. The van der Waals surface area contributed by atoms with Crippen LogP contribution < -0.4 is 10.6 Å². The third-order valence-corrected chi connectivity index (χ3v) is 2.55. The molecule has 0 bridgehead atoms. The molecule has 2 N–H and O–H groups in total. The first-order valence-corrected chi connectivity index (χ1v) is 4.53. The van der Waals surface area contributed by atoms with Gasteiger partial charge in [0.15, 0.2) is 0 Å². The number of carbonyl (C=O) groups is 1. The van der Waals surface area contributed by atoms with Gasteiger partial charge in [-0.05, 0) is 0 Å². The van der Waals surface area contributed by atoms with Crippen molar-refractivity contribution in [2.75, 3.05) is 25.1 Å². The molecule has 0 radical (unpaired) electrons. The number of rotatable bonds is 1. The van der Waals surface area contributed by atoms with Crippen LogP contribution in [0.2, 0.25) is 0 Å². The molecule has 0 aliphatic carbocycles. The lowest BCUT2D eigenvalue weighted by atomic mass is 10.3. The lowest BCUT2D eigenvalue weighted by Gasteiger charge is -2.20. The number of likely N-dealkylation sites (N-methyl/N-ethyl adjacent to an activating group) is 1. The Morgan fingerprint density at radius 2 is 2.60 bits per heavy atom. The van der Waals surface area contributed by atoms with Crippen molar-refractivity contribution in [1.29, 1.82) is 0 Å². The van der Waals surface area contributed by atoms with Crippen molar-refractivity contribution in [2.24, 2.45) is 0 Å². The van der Waals surface area contributed by atoms with Crippen molar-refractivity contribution in [2.45, 2.75) is 6.04 Å². The lowest BCUT2D eigenvalue weighted by Crippen LogP contribution is -2.47. The quantitative estimate of drug-likeness (QED) is 0.540. The molecule has 1 saturated heterocycles. The molecule has 1 amide bonds. The van der Waals surface area contributed by atoms with Crippen LogP contribution >= 0.6 is 11.8 Å². The van der Waals surface area contributed by atoms with Gasteiger partial charge in [-0.2, -0.15) is 11.8 Å². The van der Waals surface area contributed by atoms with E-state index in [1.54, 1.807) is 7.05 Å². The Hall–Kier alpha value is -0.220. The van der Waals surface area contributed by atoms with Gasteiger partial charge in [-0.3, -0.25) is 4.79 Å². The highest BCUT2D eigenvalue weighted by Crippen LogP contribution is 2.06. The van der Waals surface area contributed by atoms with Crippen LogP contribution in [0, 0.1) is 0 Å². The van der Waals surface area contributed by atoms with Crippen molar-refractivity contribution >= 4 is 17.7 Å². The average Bonchev–Trinajstić information content (AvgIpc) is 2.05. The molecule has 58 valence electrons. The van der Waals surface area contributed by atoms with Crippen molar-refractivity contribution < 1.29 is 4.79 Å². The van der Waals surface area contributed by atoms with Gasteiger partial charge in [0, 0.05) is 25.1 Å². The Balaban J connectivity index is 2.31. The number of thioether (sulfide) groups is 1. The lowest BCUT2D eigenvalue weighted by molar-refractivity contribution is -0.122. The van der Waals surface area contributed by atoms with E-state index in [9.17, 15) is 4.79 Å². The summed E-state index contributed by atoms with van der Waals surface area (Å²) < 4.78 is 0. The summed E-state index contributed by atoms with van der Waals surface area (Å²) in [5.41, 5.74) is 0. The first-order valence-electron chi connectivity index (χ1n) is 3.37. The molecule has 1 aliphatic heterocycles. The topological polar surface area (TPSA) is 41.1 Å². The van der Waals surface area contributed by atoms with E-state index in [0.717, 1.165) is 18.1 Å². The average molecular weight is 160 g/mol. The van der Waals surface area contributed by atoms with Crippen molar-refractivity contribution in [3.8, 4) is 0 Å². The molecule has 10 heavy (non-hydrogen) atoms. The van der Waals surface area contributed by atoms with E-state index in [0.29, 0.717) is 0 Å². The fourth-order valence-electron chi connectivity index (χ4n) is 0.908. The molecule has 1 aliphatic rings. The van der Waals surface area contributed by atoms with Crippen LogP contribution in [0.4, 0.5) is 0 Å². The fourth-order valence-corrected chi connectivity index (χ4v) is 1.84. The first kappa shape index (κ1) is 7.88. The van der Waals surface area contributed by atoms with Gasteiger partial charge in [-0.25, -0.2) is 0 Å². The molecule has 0 aromatic rings. The Morgan fingerprint density at radius 1 is 1.80 bits per heavy atom. The van der Waals surface area contributed by atoms with Gasteiger partial charge in [0.1, 0.15) is 0 Å². The highest BCUT2D eigenvalue weighted by atomic mass is 32.2. The summed E-state index contributed by atoms with van der Waals surface area (Å²) in [5.74, 6) is 2.12. The SMILES string of the molecule is CNC(=O)C1CSCCN1. The van der Waals surface area contributed by atoms with Crippen LogP contribution in [0.15, 0.2) is 0 Å². The molecule has 0 aromatic carbocycles. The monoisotopic (exact) mass is 160 g/mol. The molecule has 1 heterocycles. The Bertz CT molecular complexity index is 123. The smallest absolute Gasteiger partial charge is 0.237 e. The number of carbonyl (C=O) groups excluding carboxylic acids is 1. The van der Waals surface area contributed by atoms with E-state index in [2.05, 4.69) is 10.6 Å². The predicted molar refractivity (Wildman–Crippen MR) is 43.2 cm³/mol. The second-order valence-electron chi connectivity index (χ2n) is 2.20. The van der Waals surface area contributed by atoms with E-state index in [1.165, 1.54) is 0 Å². The summed E-state index contributed by atoms with van der Waals surface area (Å²) in [6.07, 6.45) is 0. The molecule has 3 nitrogen and oxygen atoms in total. The van der Waals surface area contributed by atoms with E-state index >= 15 is 0 Å². The Labute approximate surface area is 64.9 Å². The van der Waals surface area contributed by atoms with Gasteiger partial charge in [-0.1, -0.05) is 0 Å². The molecular weight excluding hydrogens is 148 g/mol. The number of hydrogen-bond donors (Lipinski definition) is 2. The first-order chi connectivity index (χ1) is 4.84. The third-order valence-electron chi connectivity index (χ3n) is 1.48. The second kappa shape index (κ2) is 3.83. The molecule has 4 heteroatoms. The molecule has 1 fully saturated rings. The van der Waals surface area contributed by atoms with Crippen LogP contribution in [-0.2, 0) is 4.79 Å². The normalized spacial score (nSPS) is 25.9. The van der Waals surface area contributed by atoms with Crippen molar-refractivity contribution in [1.82, 2.24) is 10.6 Å². The third kappa shape index (κ3) is 1.88. The molecule has 1 atom stereocenters. The maximum absolute atomic E-state index is 11.0. The molecule has 0 saturated carbocycles. The minimum absolute atomic E-state index is 0.0312. The van der Waals surface area contributed by atoms with Gasteiger partial charge in [0.2, 0.25) is 5.91 Å². The van der Waals surface area contributed by atoms with Crippen LogP contribution in [-0.4, -0.2) is 37.0 Å². The van der Waals surface area contributed by atoms with Crippen LogP contribution in [0.3, 0.4) is 0 Å². The number of hydrogen-bond acceptors (Lipinski definition) is 3. The Morgan fingerprint density at radius 3 is 3.10 bits per heavy atom. The Kier molecular flexibility index (Phi) is 3.02. The van der Waals surface area contributed by atoms with Gasteiger partial charge >= 0.3 is 0 Å². The highest BCUT2D eigenvalue weighted by molar-refractivity contribution is 7.99. The summed E-state index contributed by atoms with van der Waals surface area (Å²) >= 11 is 1.82. The van der Waals surface area contributed by atoms with E-state index in [4.69, 9.17) is 0 Å². The van der Waals surface area contributed by atoms with E-state index in [1.807, 2.05) is 11.8 Å². The highest BCUT2D eigenvalue weighted by Gasteiger charge is 2.18. The zero-order valence-corrected chi connectivity index (χ0v) is 6.83. The van der Waals surface area contributed by atoms with E-state index < -0.39 is 0 Å². The van der Waals surface area contributed by atoms with Gasteiger partial charge in [-0.15, -0.1) is 0 Å². The maximum atomic E-state index is 11.0. The molecular formula is C6H12N2OS. The van der Waals surface area contributed by atoms with Crippen LogP contribution in [0.25, 0.3) is 0 Å². The predicted octanol–water partition coefficient (Wildman–Crippen LogP) is -0.563. The number of amides is 1. The maximum Gasteiger partial charge on any atom is 0.237 e. The molecule has 0 spiro atoms. The van der Waals surface area contributed by atoms with Crippen molar-refractivity contribution in [3.05, 3.63) is 0 Å². The summed E-state index contributed by atoms with van der Waals surface area (Å²) in [6, 6.07) is 0.0312. The molecule has 0 aromatic heterocycles. The standard InChI is InChI=1S/C6H12N2OS/c1-7-6(9)5-4-10-3-2-8-5/h5,8H,2-4H2,1H3,(H,7,9). The van der Waals surface area contributed by atoms with Gasteiger partial charge < -0.3 is 10.6 Å². The van der Waals surface area contributed by atoms with E-state index in [-0.39, 0.29) is 11.9 Å².